The average Bonchev–Trinajstić information content (AvgIpc) is 2.38. The van der Waals surface area contributed by atoms with Gasteiger partial charge >= 0.3 is 0 Å². The number of rotatable bonds is 4. The van der Waals surface area contributed by atoms with Gasteiger partial charge in [0.2, 0.25) is 0 Å². The zero-order valence-corrected chi connectivity index (χ0v) is 12.8. The van der Waals surface area contributed by atoms with Gasteiger partial charge in [0.15, 0.2) is 0 Å². The number of aromatic hydroxyl groups is 1. The van der Waals surface area contributed by atoms with Gasteiger partial charge in [0, 0.05) is 18.2 Å². The lowest BCUT2D eigenvalue weighted by Gasteiger charge is -2.42. The van der Waals surface area contributed by atoms with Crippen LogP contribution in [0.4, 0.5) is 0 Å². The van der Waals surface area contributed by atoms with E-state index in [0.717, 1.165) is 6.42 Å². The summed E-state index contributed by atoms with van der Waals surface area (Å²) in [5.41, 5.74) is 6.30. The number of carbonyl (C=O) groups excluding carboxylic acids is 1. The first-order valence-electron chi connectivity index (χ1n) is 6.19. The van der Waals surface area contributed by atoms with Crippen molar-refractivity contribution in [3.8, 4) is 5.75 Å². The summed E-state index contributed by atoms with van der Waals surface area (Å²) in [6.45, 7) is 2.52. The summed E-state index contributed by atoms with van der Waals surface area (Å²) in [7, 11) is 0. The number of halogens is 1. The lowest BCUT2D eigenvalue weighted by molar-refractivity contribution is -0.0300. The van der Waals surface area contributed by atoms with Crippen molar-refractivity contribution in [3.63, 3.8) is 0 Å². The molecule has 6 heteroatoms. The highest BCUT2D eigenvalue weighted by Gasteiger charge is 2.40. The van der Waals surface area contributed by atoms with E-state index in [2.05, 4.69) is 5.32 Å². The molecule has 4 N–H and O–H groups in total. The van der Waals surface area contributed by atoms with E-state index in [4.69, 9.17) is 10.5 Å². The minimum absolute atomic E-state index is 0.0126. The number of amides is 1. The summed E-state index contributed by atoms with van der Waals surface area (Å²) in [4.78, 5) is 12.1. The second kappa shape index (κ2) is 6.06. The fourth-order valence-corrected chi connectivity index (χ4v) is 2.45. The van der Waals surface area contributed by atoms with Crippen LogP contribution in [0, 0.1) is 3.57 Å². The molecular weight excluding hydrogens is 359 g/mol. The molecule has 104 valence electrons. The number of phenolic OH excluding ortho intramolecular Hbond substituents is 1. The predicted octanol–water partition coefficient (Wildman–Crippen LogP) is 1.23. The molecule has 1 aliphatic carbocycles. The van der Waals surface area contributed by atoms with Gasteiger partial charge in [-0.1, -0.05) is 0 Å². The number of benzene rings is 1. The molecule has 2 rings (SSSR count). The molecule has 19 heavy (non-hydrogen) atoms. The number of ether oxygens (including phenoxy) is 1. The van der Waals surface area contributed by atoms with Crippen molar-refractivity contribution in [3.05, 3.63) is 27.3 Å². The van der Waals surface area contributed by atoms with Gasteiger partial charge in [-0.25, -0.2) is 0 Å². The Labute approximate surface area is 125 Å². The van der Waals surface area contributed by atoms with Crippen LogP contribution in [0.3, 0.4) is 0 Å². The smallest absolute Gasteiger partial charge is 0.251 e. The van der Waals surface area contributed by atoms with Gasteiger partial charge in [-0.2, -0.15) is 0 Å². The van der Waals surface area contributed by atoms with Crippen LogP contribution in [-0.2, 0) is 4.74 Å². The highest BCUT2D eigenvalue weighted by Crippen LogP contribution is 2.24. The highest BCUT2D eigenvalue weighted by atomic mass is 127. The fourth-order valence-electron chi connectivity index (χ4n) is 2.12. The molecule has 3 unspecified atom stereocenters. The Bertz CT molecular complexity index is 479. The quantitative estimate of drug-likeness (QED) is 0.691. The summed E-state index contributed by atoms with van der Waals surface area (Å²) < 4.78 is 6.21. The van der Waals surface area contributed by atoms with Crippen LogP contribution in [0.5, 0.6) is 5.75 Å². The number of carbonyl (C=O) groups is 1. The zero-order valence-electron chi connectivity index (χ0n) is 10.6. The highest BCUT2D eigenvalue weighted by molar-refractivity contribution is 14.1. The number of nitrogens with one attached hydrogen (secondary N) is 1. The lowest BCUT2D eigenvalue weighted by atomic mass is 9.83. The van der Waals surface area contributed by atoms with Gasteiger partial charge in [0.05, 0.1) is 15.7 Å². The van der Waals surface area contributed by atoms with Crippen LogP contribution in [-0.4, -0.2) is 35.8 Å². The Hall–Kier alpha value is -0.860. The van der Waals surface area contributed by atoms with E-state index in [1.807, 2.05) is 29.5 Å². The van der Waals surface area contributed by atoms with E-state index in [-0.39, 0.29) is 29.8 Å². The molecule has 1 fully saturated rings. The Morgan fingerprint density at radius 2 is 2.37 bits per heavy atom. The first kappa shape index (κ1) is 14.5. The minimum atomic E-state index is -0.239. The van der Waals surface area contributed by atoms with E-state index < -0.39 is 0 Å². The topological polar surface area (TPSA) is 84.6 Å². The maximum absolute atomic E-state index is 12.1. The molecule has 1 saturated carbocycles. The van der Waals surface area contributed by atoms with Gasteiger partial charge in [0.1, 0.15) is 5.75 Å². The third-order valence-electron chi connectivity index (χ3n) is 3.25. The molecule has 1 aliphatic rings. The Kier molecular flexibility index (Phi) is 4.64. The Morgan fingerprint density at radius 1 is 1.63 bits per heavy atom. The van der Waals surface area contributed by atoms with Crippen molar-refractivity contribution in [1.82, 2.24) is 5.32 Å². The maximum atomic E-state index is 12.1. The third-order valence-corrected chi connectivity index (χ3v) is 4.17. The second-order valence-electron chi connectivity index (χ2n) is 4.56. The van der Waals surface area contributed by atoms with Gasteiger partial charge in [-0.05, 0) is 54.1 Å². The van der Waals surface area contributed by atoms with Crippen LogP contribution in [0.1, 0.15) is 23.7 Å². The van der Waals surface area contributed by atoms with E-state index >= 15 is 0 Å². The molecular formula is C13H17IN2O3. The summed E-state index contributed by atoms with van der Waals surface area (Å²) in [6, 6.07) is 4.60. The number of hydrogen-bond acceptors (Lipinski definition) is 4. The molecule has 1 aromatic carbocycles. The van der Waals surface area contributed by atoms with Gasteiger partial charge in [-0.3, -0.25) is 4.79 Å². The largest absolute Gasteiger partial charge is 0.507 e. The molecule has 0 spiro atoms. The average molecular weight is 376 g/mol. The van der Waals surface area contributed by atoms with Crippen molar-refractivity contribution in [1.29, 1.82) is 0 Å². The van der Waals surface area contributed by atoms with E-state index in [0.29, 0.717) is 15.7 Å². The number of nitrogens with two attached hydrogens (primary N) is 1. The summed E-state index contributed by atoms with van der Waals surface area (Å²) in [6.07, 6.45) is 0.748. The van der Waals surface area contributed by atoms with E-state index in [1.54, 1.807) is 12.1 Å². The molecule has 1 amide bonds. The molecule has 0 saturated heterocycles. The molecule has 3 atom stereocenters. The Morgan fingerprint density at radius 3 is 2.95 bits per heavy atom. The van der Waals surface area contributed by atoms with E-state index in [9.17, 15) is 9.90 Å². The minimum Gasteiger partial charge on any atom is -0.507 e. The molecule has 0 radical (unpaired) electrons. The van der Waals surface area contributed by atoms with Crippen molar-refractivity contribution < 1.29 is 14.6 Å². The molecule has 1 aromatic rings. The second-order valence-corrected chi connectivity index (χ2v) is 5.72. The SMILES string of the molecule is CCOC1CC(N)C1NC(=O)c1ccc(I)c(O)c1. The zero-order chi connectivity index (χ0) is 14.0. The van der Waals surface area contributed by atoms with Crippen molar-refractivity contribution in [2.24, 2.45) is 5.73 Å². The molecule has 0 heterocycles. The monoisotopic (exact) mass is 376 g/mol. The summed E-state index contributed by atoms with van der Waals surface area (Å²) in [5.74, 6) is -0.135. The molecule has 5 nitrogen and oxygen atoms in total. The molecule has 0 aromatic heterocycles. The number of phenols is 1. The lowest BCUT2D eigenvalue weighted by Crippen LogP contribution is -2.64. The Balaban J connectivity index is 2.02. The number of hydrogen-bond donors (Lipinski definition) is 3. The summed E-state index contributed by atoms with van der Waals surface area (Å²) >= 11 is 2.00. The van der Waals surface area contributed by atoms with Crippen LogP contribution in [0.15, 0.2) is 18.2 Å². The first-order valence-corrected chi connectivity index (χ1v) is 7.27. The van der Waals surface area contributed by atoms with Gasteiger partial charge in [0.25, 0.3) is 5.91 Å². The van der Waals surface area contributed by atoms with Crippen LogP contribution < -0.4 is 11.1 Å². The molecule has 0 bridgehead atoms. The van der Waals surface area contributed by atoms with Crippen molar-refractivity contribution in [2.45, 2.75) is 31.5 Å². The first-order chi connectivity index (χ1) is 9.02. The van der Waals surface area contributed by atoms with Gasteiger partial charge < -0.3 is 20.9 Å². The van der Waals surface area contributed by atoms with Crippen LogP contribution in [0.2, 0.25) is 0 Å². The van der Waals surface area contributed by atoms with E-state index in [1.165, 1.54) is 6.07 Å². The maximum Gasteiger partial charge on any atom is 0.251 e. The summed E-state index contributed by atoms with van der Waals surface area (Å²) in [5, 5.41) is 12.5. The predicted molar refractivity (Wildman–Crippen MR) is 80.1 cm³/mol. The van der Waals surface area contributed by atoms with Crippen molar-refractivity contribution in [2.75, 3.05) is 6.61 Å². The standard InChI is InChI=1S/C13H17IN2O3/c1-2-19-11-6-9(15)12(11)16-13(18)7-3-4-8(14)10(17)5-7/h3-5,9,11-12,17H,2,6,15H2,1H3,(H,16,18). The van der Waals surface area contributed by atoms with Gasteiger partial charge in [-0.15, -0.1) is 0 Å². The normalized spacial score (nSPS) is 25.7. The van der Waals surface area contributed by atoms with Crippen LogP contribution in [0.25, 0.3) is 0 Å². The van der Waals surface area contributed by atoms with Crippen LogP contribution >= 0.6 is 22.6 Å². The fraction of sp³-hybridized carbons (Fsp3) is 0.462. The van der Waals surface area contributed by atoms with Crippen molar-refractivity contribution >= 4 is 28.5 Å². The molecule has 0 aliphatic heterocycles. The third kappa shape index (κ3) is 3.18.